The van der Waals surface area contributed by atoms with Gasteiger partial charge in [0.05, 0.1) is 30.5 Å². The molecule has 2 atom stereocenters. The fourth-order valence-electron chi connectivity index (χ4n) is 4.52. The van der Waals surface area contributed by atoms with Crippen molar-refractivity contribution >= 4 is 45.0 Å². The van der Waals surface area contributed by atoms with Crippen LogP contribution in [0.3, 0.4) is 0 Å². The van der Waals surface area contributed by atoms with Crippen molar-refractivity contribution in [3.05, 3.63) is 61.9 Å². The lowest BCUT2D eigenvalue weighted by molar-refractivity contribution is -0.170. The van der Waals surface area contributed by atoms with Crippen LogP contribution in [-0.2, 0) is 23.8 Å². The number of nitrogens with one attached hydrogen (secondary N) is 1. The van der Waals surface area contributed by atoms with Gasteiger partial charge >= 0.3 is 11.9 Å². The summed E-state index contributed by atoms with van der Waals surface area (Å²) in [7, 11) is 0. The van der Waals surface area contributed by atoms with Gasteiger partial charge in [0.15, 0.2) is 10.8 Å². The van der Waals surface area contributed by atoms with Crippen LogP contribution in [0, 0.1) is 5.82 Å². The fourth-order valence-corrected chi connectivity index (χ4v) is 5.67. The average Bonchev–Trinajstić information content (AvgIpc) is 3.38. The predicted molar refractivity (Wildman–Crippen MR) is 149 cm³/mol. The van der Waals surface area contributed by atoms with Crippen LogP contribution in [0.15, 0.2) is 50.5 Å². The monoisotopic (exact) mass is 622 g/mol. The highest BCUT2D eigenvalue weighted by Crippen LogP contribution is 2.37. The van der Waals surface area contributed by atoms with Crippen LogP contribution in [0.4, 0.5) is 4.39 Å². The summed E-state index contributed by atoms with van der Waals surface area (Å²) in [5.74, 6) is -0.922. The van der Waals surface area contributed by atoms with E-state index in [1.807, 2.05) is 24.1 Å². The quantitative estimate of drug-likeness (QED) is 0.433. The number of thiazole rings is 1. The number of hydrogen-bond acceptors (Lipinski definition) is 10. The first-order chi connectivity index (χ1) is 18.5. The molecule has 0 spiro atoms. The third-order valence-electron chi connectivity index (χ3n) is 6.16. The minimum Gasteiger partial charge on any atom is -0.463 e. The summed E-state index contributed by atoms with van der Waals surface area (Å²) in [6, 6.07) is 2.75. The molecule has 0 radical (unpaired) electrons. The minimum absolute atomic E-state index is 0.140. The number of nitrogens with zero attached hydrogens (tertiary/aromatic N) is 3. The lowest BCUT2D eigenvalue weighted by Gasteiger charge is -2.43. The molecule has 1 fully saturated rings. The van der Waals surface area contributed by atoms with E-state index in [-0.39, 0.29) is 31.4 Å². The number of esters is 2. The van der Waals surface area contributed by atoms with E-state index in [9.17, 15) is 14.0 Å². The normalized spacial score (nSPS) is 21.4. The van der Waals surface area contributed by atoms with Gasteiger partial charge in [-0.2, -0.15) is 0 Å². The van der Waals surface area contributed by atoms with Crippen molar-refractivity contribution in [3.63, 3.8) is 0 Å². The van der Waals surface area contributed by atoms with Crippen molar-refractivity contribution in [1.29, 1.82) is 0 Å². The van der Waals surface area contributed by atoms with Crippen LogP contribution in [0.25, 0.3) is 0 Å². The highest BCUT2D eigenvalue weighted by Gasteiger charge is 2.41. The maximum Gasteiger partial charge on any atom is 0.338 e. The van der Waals surface area contributed by atoms with Gasteiger partial charge in [-0.05, 0) is 52.3 Å². The van der Waals surface area contributed by atoms with Crippen LogP contribution < -0.4 is 5.32 Å². The van der Waals surface area contributed by atoms with Gasteiger partial charge in [0.1, 0.15) is 17.9 Å². The van der Waals surface area contributed by atoms with Crippen molar-refractivity contribution in [2.24, 2.45) is 4.99 Å². The fraction of sp³-hybridized carbons (Fsp3) is 0.481. The largest absolute Gasteiger partial charge is 0.463 e. The summed E-state index contributed by atoms with van der Waals surface area (Å²) in [6.45, 7) is 10.1. The Morgan fingerprint density at radius 2 is 2.13 bits per heavy atom. The molecule has 12 heteroatoms. The summed E-state index contributed by atoms with van der Waals surface area (Å²) in [5.41, 5.74) is 0.824. The molecule has 0 amide bonds. The van der Waals surface area contributed by atoms with E-state index < -0.39 is 35.4 Å². The van der Waals surface area contributed by atoms with E-state index in [1.165, 1.54) is 23.5 Å². The molecule has 2 aliphatic heterocycles. The first-order valence-corrected chi connectivity index (χ1v) is 14.3. The maximum absolute atomic E-state index is 14.0. The van der Waals surface area contributed by atoms with Crippen molar-refractivity contribution in [3.8, 4) is 0 Å². The van der Waals surface area contributed by atoms with Gasteiger partial charge in [0, 0.05) is 34.8 Å². The molecule has 1 aromatic heterocycles. The molecule has 39 heavy (non-hydrogen) atoms. The molecular weight excluding hydrogens is 591 g/mol. The zero-order valence-electron chi connectivity index (χ0n) is 22.5. The summed E-state index contributed by atoms with van der Waals surface area (Å²) in [6.07, 6.45) is 1.37. The summed E-state index contributed by atoms with van der Waals surface area (Å²) < 4.78 is 31.4. The van der Waals surface area contributed by atoms with Crippen LogP contribution in [0.1, 0.15) is 51.2 Å². The first-order valence-electron chi connectivity index (χ1n) is 12.7. The lowest BCUT2D eigenvalue weighted by atomic mass is 9.94. The lowest BCUT2D eigenvalue weighted by Crippen LogP contribution is -2.58. The molecule has 2 aliphatic rings. The summed E-state index contributed by atoms with van der Waals surface area (Å²) >= 11 is 4.84. The second kappa shape index (κ2) is 12.2. The third kappa shape index (κ3) is 6.92. The van der Waals surface area contributed by atoms with Gasteiger partial charge in [-0.1, -0.05) is 22.0 Å². The molecule has 4 rings (SSSR count). The van der Waals surface area contributed by atoms with Gasteiger partial charge in [-0.25, -0.2) is 14.2 Å². The number of carbonyl (C=O) groups is 2. The molecule has 2 aromatic rings. The first kappa shape index (κ1) is 29.3. The number of amidine groups is 1. The molecule has 1 aromatic carbocycles. The number of carbonyl (C=O) groups excluding carboxylic acids is 2. The van der Waals surface area contributed by atoms with Crippen molar-refractivity contribution < 1.29 is 28.2 Å². The second-order valence-electron chi connectivity index (χ2n) is 10.1. The van der Waals surface area contributed by atoms with Crippen molar-refractivity contribution in [1.82, 2.24) is 15.2 Å². The van der Waals surface area contributed by atoms with Crippen molar-refractivity contribution in [2.45, 2.75) is 58.4 Å². The molecule has 0 aliphatic carbocycles. The average molecular weight is 624 g/mol. The summed E-state index contributed by atoms with van der Waals surface area (Å²) in [4.78, 5) is 37.7. The SMILES string of the molecule is CCOC(=O)C1=C(CN2CC(C)(C)OCC2C(=O)OC(C)C)NC(c2nccs2)=NC1c1ccc(F)cc1Br. The number of rotatable bonds is 8. The predicted octanol–water partition coefficient (Wildman–Crippen LogP) is 4.38. The number of benzene rings is 1. The third-order valence-corrected chi connectivity index (χ3v) is 7.62. The Morgan fingerprint density at radius 1 is 1.36 bits per heavy atom. The Hall–Kier alpha value is -2.67. The standard InChI is InChI=1S/C27H32BrFN4O5S/c1-6-36-26(35)21-19(12-33-14-27(4,5)37-13-20(33)25(34)38-15(2)3)31-23(24-30-9-10-39-24)32-22(21)17-8-7-16(29)11-18(17)28/h7-11,15,20,22H,6,12-14H2,1-5H3,(H,31,32). The molecule has 1 N–H and O–H groups in total. The maximum atomic E-state index is 14.0. The number of halogens is 2. The molecule has 9 nitrogen and oxygen atoms in total. The van der Waals surface area contributed by atoms with Gasteiger partial charge < -0.3 is 19.5 Å². The number of aliphatic imine (C=N–C) groups is 1. The van der Waals surface area contributed by atoms with E-state index in [0.29, 0.717) is 33.1 Å². The number of morpholine rings is 1. The molecule has 2 unspecified atom stereocenters. The molecule has 0 saturated carbocycles. The zero-order chi connectivity index (χ0) is 28.3. The van der Waals surface area contributed by atoms with Gasteiger partial charge in [0.25, 0.3) is 0 Å². The highest BCUT2D eigenvalue weighted by molar-refractivity contribution is 9.10. The molecule has 210 valence electrons. The van der Waals surface area contributed by atoms with E-state index >= 15 is 0 Å². The number of hydrogen-bond donors (Lipinski definition) is 1. The van der Waals surface area contributed by atoms with Crippen LogP contribution in [-0.4, -0.2) is 71.7 Å². The van der Waals surface area contributed by atoms with Crippen LogP contribution in [0.2, 0.25) is 0 Å². The number of aromatic nitrogens is 1. The second-order valence-corrected chi connectivity index (χ2v) is 11.8. The van der Waals surface area contributed by atoms with Crippen LogP contribution in [0.5, 0.6) is 0 Å². The van der Waals surface area contributed by atoms with E-state index in [0.717, 1.165) is 0 Å². The topological polar surface area (TPSA) is 102 Å². The van der Waals surface area contributed by atoms with Crippen LogP contribution >= 0.6 is 27.3 Å². The Kier molecular flexibility index (Phi) is 9.20. The zero-order valence-corrected chi connectivity index (χ0v) is 24.9. The molecular formula is C27H32BrFN4O5S. The highest BCUT2D eigenvalue weighted by atomic mass is 79.9. The van der Waals surface area contributed by atoms with Gasteiger partial charge in [-0.3, -0.25) is 14.7 Å². The van der Waals surface area contributed by atoms with E-state index in [2.05, 4.69) is 26.2 Å². The van der Waals surface area contributed by atoms with Gasteiger partial charge in [-0.15, -0.1) is 11.3 Å². The molecule has 3 heterocycles. The Morgan fingerprint density at radius 3 is 2.77 bits per heavy atom. The number of ether oxygens (including phenoxy) is 3. The Balaban J connectivity index is 1.83. The Labute approximate surface area is 239 Å². The van der Waals surface area contributed by atoms with Gasteiger partial charge in [0.2, 0.25) is 0 Å². The van der Waals surface area contributed by atoms with Crippen molar-refractivity contribution in [2.75, 3.05) is 26.3 Å². The summed E-state index contributed by atoms with van der Waals surface area (Å²) in [5, 5.41) is 5.75. The molecule has 0 bridgehead atoms. The molecule has 1 saturated heterocycles. The Bertz CT molecular complexity index is 1280. The van der Waals surface area contributed by atoms with E-state index in [1.54, 1.807) is 33.0 Å². The van der Waals surface area contributed by atoms with E-state index in [4.69, 9.17) is 19.2 Å². The minimum atomic E-state index is -0.815. The smallest absolute Gasteiger partial charge is 0.338 e.